The molecular weight excluding hydrogens is 436 g/mol. The Morgan fingerprint density at radius 1 is 0.839 bits per heavy atom. The lowest BCUT2D eigenvalue weighted by molar-refractivity contribution is -0.117. The first-order chi connectivity index (χ1) is 14.7. The van der Waals surface area contributed by atoms with E-state index < -0.39 is 50.9 Å². The van der Waals surface area contributed by atoms with Gasteiger partial charge in [-0.3, -0.25) is 4.79 Å². The second-order valence-electron chi connectivity index (χ2n) is 6.53. The van der Waals surface area contributed by atoms with E-state index in [4.69, 9.17) is 0 Å². The van der Waals surface area contributed by atoms with Gasteiger partial charge in [0.1, 0.15) is 11.9 Å². The molecule has 0 saturated heterocycles. The van der Waals surface area contributed by atoms with Crippen molar-refractivity contribution < 1.29 is 30.8 Å². The maximum atomic E-state index is 13.9. The van der Waals surface area contributed by atoms with Crippen molar-refractivity contribution in [3.05, 3.63) is 95.6 Å². The van der Waals surface area contributed by atoms with Gasteiger partial charge in [0, 0.05) is 0 Å². The van der Waals surface area contributed by atoms with Gasteiger partial charge in [-0.25, -0.2) is 26.0 Å². The van der Waals surface area contributed by atoms with Crippen LogP contribution in [0.4, 0.5) is 23.2 Å². The van der Waals surface area contributed by atoms with E-state index in [0.29, 0.717) is 11.6 Å². The van der Waals surface area contributed by atoms with Crippen LogP contribution >= 0.6 is 0 Å². The maximum Gasteiger partial charge on any atom is 0.242 e. The summed E-state index contributed by atoms with van der Waals surface area (Å²) in [5, 5.41) is 2.07. The van der Waals surface area contributed by atoms with Crippen molar-refractivity contribution in [3.8, 4) is 0 Å². The number of sulfonamides is 1. The van der Waals surface area contributed by atoms with Gasteiger partial charge in [0.15, 0.2) is 17.5 Å². The number of nitrogens with one attached hydrogen (secondary N) is 2. The minimum atomic E-state index is -4.26. The molecule has 0 heterocycles. The Hall–Kier alpha value is -3.24. The molecule has 0 fully saturated rings. The molecule has 0 aliphatic rings. The van der Waals surface area contributed by atoms with Crippen LogP contribution in [0.25, 0.3) is 0 Å². The zero-order valence-corrected chi connectivity index (χ0v) is 16.6. The zero-order chi connectivity index (χ0) is 22.6. The molecule has 3 rings (SSSR count). The fraction of sp³-hybridized carbons (Fsp3) is 0.0952. The van der Waals surface area contributed by atoms with Crippen LogP contribution in [0.5, 0.6) is 0 Å². The van der Waals surface area contributed by atoms with Crippen LogP contribution in [-0.2, 0) is 21.2 Å². The van der Waals surface area contributed by atoms with Gasteiger partial charge < -0.3 is 5.32 Å². The molecule has 0 unspecified atom stereocenters. The Kier molecular flexibility index (Phi) is 6.71. The van der Waals surface area contributed by atoms with Crippen LogP contribution in [0.2, 0.25) is 0 Å². The second kappa shape index (κ2) is 9.27. The van der Waals surface area contributed by atoms with E-state index in [1.807, 2.05) is 0 Å². The fourth-order valence-corrected chi connectivity index (χ4v) is 3.94. The summed E-state index contributed by atoms with van der Waals surface area (Å²) in [5.74, 6) is -6.48. The van der Waals surface area contributed by atoms with Crippen molar-refractivity contribution in [3.63, 3.8) is 0 Å². The van der Waals surface area contributed by atoms with Crippen LogP contribution in [0, 0.1) is 23.3 Å². The fourth-order valence-electron chi connectivity index (χ4n) is 2.75. The molecule has 1 atom stereocenters. The minimum Gasteiger partial charge on any atom is -0.322 e. The molecule has 1 amide bonds. The number of amides is 1. The Labute approximate surface area is 175 Å². The van der Waals surface area contributed by atoms with Crippen molar-refractivity contribution in [2.24, 2.45) is 0 Å². The lowest BCUT2D eigenvalue weighted by Gasteiger charge is -2.19. The lowest BCUT2D eigenvalue weighted by atomic mass is 10.1. The van der Waals surface area contributed by atoms with Gasteiger partial charge in [0.05, 0.1) is 10.6 Å². The summed E-state index contributed by atoms with van der Waals surface area (Å²) in [7, 11) is -4.26. The largest absolute Gasteiger partial charge is 0.322 e. The molecule has 10 heteroatoms. The van der Waals surface area contributed by atoms with Gasteiger partial charge in [-0.05, 0) is 48.4 Å². The van der Waals surface area contributed by atoms with Crippen molar-refractivity contribution >= 4 is 21.6 Å². The van der Waals surface area contributed by atoms with E-state index in [1.54, 1.807) is 30.3 Å². The SMILES string of the molecule is O=C(Nc1ccc(F)c(F)c1F)[C@H](Cc1ccccc1)NS(=O)(=O)c1ccc(F)cc1. The predicted octanol–water partition coefficient (Wildman–Crippen LogP) is 3.77. The van der Waals surface area contributed by atoms with Crippen LogP contribution in [0.15, 0.2) is 71.6 Å². The third-order valence-corrected chi connectivity index (χ3v) is 5.80. The number of carbonyl (C=O) groups excluding carboxylic acids is 1. The molecule has 3 aromatic carbocycles. The zero-order valence-electron chi connectivity index (χ0n) is 15.8. The van der Waals surface area contributed by atoms with Crippen molar-refractivity contribution in [2.75, 3.05) is 5.32 Å². The molecule has 2 N–H and O–H groups in total. The molecule has 0 aliphatic heterocycles. The lowest BCUT2D eigenvalue weighted by Crippen LogP contribution is -2.45. The van der Waals surface area contributed by atoms with Crippen LogP contribution in [0.1, 0.15) is 5.56 Å². The minimum absolute atomic E-state index is 0.127. The Bertz CT molecular complexity index is 1190. The molecular formula is C21H16F4N2O3S. The van der Waals surface area contributed by atoms with E-state index in [9.17, 15) is 30.8 Å². The second-order valence-corrected chi connectivity index (χ2v) is 8.24. The first-order valence-electron chi connectivity index (χ1n) is 8.93. The smallest absolute Gasteiger partial charge is 0.242 e. The van der Waals surface area contributed by atoms with E-state index in [0.717, 1.165) is 30.3 Å². The third kappa shape index (κ3) is 5.47. The molecule has 0 saturated carbocycles. The normalized spacial score (nSPS) is 12.4. The highest BCUT2D eigenvalue weighted by atomic mass is 32.2. The highest BCUT2D eigenvalue weighted by Crippen LogP contribution is 2.20. The summed E-state index contributed by atoms with van der Waals surface area (Å²) in [5.41, 5.74) is -0.0712. The highest BCUT2D eigenvalue weighted by Gasteiger charge is 2.27. The Morgan fingerprint density at radius 3 is 2.13 bits per heavy atom. The van der Waals surface area contributed by atoms with Crippen LogP contribution < -0.4 is 10.0 Å². The summed E-state index contributed by atoms with van der Waals surface area (Å²) in [6.45, 7) is 0. The predicted molar refractivity (Wildman–Crippen MR) is 106 cm³/mol. The van der Waals surface area contributed by atoms with Crippen molar-refractivity contribution in [1.29, 1.82) is 0 Å². The number of halogens is 4. The number of anilines is 1. The standard InChI is InChI=1S/C21H16F4N2O3S/c22-14-6-8-15(9-7-14)31(29,30)27-18(12-13-4-2-1-3-5-13)21(28)26-17-11-10-16(23)19(24)20(17)25/h1-11,18,27H,12H2,(H,26,28)/t18-/m0/s1. The maximum absolute atomic E-state index is 13.9. The molecule has 162 valence electrons. The summed E-state index contributed by atoms with van der Waals surface area (Å²) in [4.78, 5) is 12.5. The van der Waals surface area contributed by atoms with E-state index in [1.165, 1.54) is 0 Å². The highest BCUT2D eigenvalue weighted by molar-refractivity contribution is 7.89. The first kappa shape index (κ1) is 22.4. The quantitative estimate of drug-likeness (QED) is 0.423. The number of carbonyl (C=O) groups is 1. The average molecular weight is 452 g/mol. The monoisotopic (exact) mass is 452 g/mol. The summed E-state index contributed by atoms with van der Waals surface area (Å²) in [6, 6.07) is 12.3. The number of hydrogen-bond donors (Lipinski definition) is 2. The van der Waals surface area contributed by atoms with Gasteiger partial charge in [0.25, 0.3) is 0 Å². The van der Waals surface area contributed by atoms with Crippen LogP contribution in [-0.4, -0.2) is 20.4 Å². The molecule has 0 spiro atoms. The summed E-state index contributed by atoms with van der Waals surface area (Å²) < 4.78 is 81.2. The van der Waals surface area contributed by atoms with Gasteiger partial charge in [0.2, 0.25) is 15.9 Å². The Balaban J connectivity index is 1.89. The average Bonchev–Trinajstić information content (AvgIpc) is 2.74. The first-order valence-corrected chi connectivity index (χ1v) is 10.4. The summed E-state index contributed by atoms with van der Waals surface area (Å²) >= 11 is 0. The molecule has 31 heavy (non-hydrogen) atoms. The van der Waals surface area contributed by atoms with Crippen molar-refractivity contribution in [2.45, 2.75) is 17.4 Å². The van der Waals surface area contributed by atoms with Gasteiger partial charge >= 0.3 is 0 Å². The van der Waals surface area contributed by atoms with Gasteiger partial charge in [-0.2, -0.15) is 4.72 Å². The number of hydrogen-bond acceptors (Lipinski definition) is 3. The van der Waals surface area contributed by atoms with Gasteiger partial charge in [-0.1, -0.05) is 30.3 Å². The number of rotatable bonds is 7. The Morgan fingerprint density at radius 2 is 1.48 bits per heavy atom. The molecule has 0 radical (unpaired) electrons. The number of benzene rings is 3. The molecule has 0 aromatic heterocycles. The van der Waals surface area contributed by atoms with E-state index >= 15 is 0 Å². The van der Waals surface area contributed by atoms with E-state index in [2.05, 4.69) is 10.0 Å². The van der Waals surface area contributed by atoms with E-state index in [-0.39, 0.29) is 11.3 Å². The molecule has 5 nitrogen and oxygen atoms in total. The topological polar surface area (TPSA) is 75.3 Å². The molecule has 3 aromatic rings. The van der Waals surface area contributed by atoms with Crippen LogP contribution in [0.3, 0.4) is 0 Å². The third-order valence-electron chi connectivity index (χ3n) is 4.31. The summed E-state index contributed by atoms with van der Waals surface area (Å²) in [6.07, 6.45) is -0.127. The molecule has 0 bridgehead atoms. The van der Waals surface area contributed by atoms with Gasteiger partial charge in [-0.15, -0.1) is 0 Å². The van der Waals surface area contributed by atoms with Crippen molar-refractivity contribution in [1.82, 2.24) is 4.72 Å². The molecule has 0 aliphatic carbocycles.